The number of rotatable bonds is 5. The SMILES string of the molecule is [2H]c1c([2H])c(C(=O)Cc2cc3nc(-c4cnc(C)n4C)ccc3cn2)c([2H])c([2H])c1OC([2H])([2H])[2H]. The number of ether oxygens (including phenoxy) is 1. The Labute approximate surface area is 172 Å². The van der Waals surface area contributed by atoms with E-state index < -0.39 is 48.3 Å². The van der Waals surface area contributed by atoms with Gasteiger partial charge in [-0.05, 0) is 49.3 Å². The lowest BCUT2D eigenvalue weighted by Gasteiger charge is -2.07. The van der Waals surface area contributed by atoms with Crippen molar-refractivity contribution >= 4 is 16.7 Å². The van der Waals surface area contributed by atoms with E-state index >= 15 is 0 Å². The zero-order valence-corrected chi connectivity index (χ0v) is 15.2. The molecule has 0 spiro atoms. The molecule has 6 heteroatoms. The van der Waals surface area contributed by atoms with Crippen molar-refractivity contribution < 1.29 is 19.1 Å². The van der Waals surface area contributed by atoms with Crippen LogP contribution in [0.4, 0.5) is 0 Å². The first kappa shape index (κ1) is 11.3. The van der Waals surface area contributed by atoms with Crippen LogP contribution in [0, 0.1) is 6.92 Å². The van der Waals surface area contributed by atoms with Crippen LogP contribution in [-0.2, 0) is 13.5 Å². The van der Waals surface area contributed by atoms with E-state index in [-0.39, 0.29) is 6.42 Å². The molecule has 0 N–H and O–H groups in total. The Morgan fingerprint density at radius 1 is 1.21 bits per heavy atom. The molecule has 1 aromatic carbocycles. The molecule has 0 aliphatic heterocycles. The fraction of sp³-hybridized carbons (Fsp3) is 0.182. The van der Waals surface area contributed by atoms with Crippen molar-refractivity contribution in [1.29, 1.82) is 0 Å². The van der Waals surface area contributed by atoms with Crippen molar-refractivity contribution in [2.45, 2.75) is 13.3 Å². The van der Waals surface area contributed by atoms with Crippen LogP contribution in [-0.4, -0.2) is 32.3 Å². The number of pyridine rings is 2. The molecule has 0 saturated heterocycles. The van der Waals surface area contributed by atoms with Crippen LogP contribution in [0.5, 0.6) is 5.75 Å². The van der Waals surface area contributed by atoms with Gasteiger partial charge in [-0.2, -0.15) is 0 Å². The Balaban J connectivity index is 1.69. The van der Waals surface area contributed by atoms with E-state index in [2.05, 4.69) is 19.7 Å². The van der Waals surface area contributed by atoms with E-state index in [1.807, 2.05) is 30.7 Å². The van der Waals surface area contributed by atoms with Crippen LogP contribution in [0.2, 0.25) is 0 Å². The minimum Gasteiger partial charge on any atom is -0.497 e. The van der Waals surface area contributed by atoms with E-state index in [1.165, 1.54) is 0 Å². The maximum atomic E-state index is 13.0. The fourth-order valence-corrected chi connectivity index (χ4v) is 2.78. The summed E-state index contributed by atoms with van der Waals surface area (Å²) in [4.78, 5) is 26.2. The van der Waals surface area contributed by atoms with Gasteiger partial charge in [-0.15, -0.1) is 0 Å². The summed E-state index contributed by atoms with van der Waals surface area (Å²) in [7, 11) is -1.09. The lowest BCUT2D eigenvalue weighted by atomic mass is 10.1. The number of hydrogen-bond acceptors (Lipinski definition) is 5. The monoisotopic (exact) mass is 379 g/mol. The number of hydrogen-bond donors (Lipinski definition) is 0. The number of aryl methyl sites for hydroxylation is 1. The van der Waals surface area contributed by atoms with Gasteiger partial charge in [0.1, 0.15) is 11.6 Å². The third-order valence-corrected chi connectivity index (χ3v) is 4.44. The first-order chi connectivity index (χ1) is 16.4. The van der Waals surface area contributed by atoms with E-state index in [1.54, 1.807) is 18.5 Å². The van der Waals surface area contributed by atoms with Crippen LogP contribution in [0.25, 0.3) is 22.3 Å². The molecule has 28 heavy (non-hydrogen) atoms. The van der Waals surface area contributed by atoms with E-state index in [0.717, 1.165) is 16.9 Å². The number of ketones is 1. The second-order valence-electron chi connectivity index (χ2n) is 6.22. The minimum absolute atomic E-state index is 0.303. The zero-order valence-electron chi connectivity index (χ0n) is 22.2. The number of imidazole rings is 1. The number of benzene rings is 1. The number of carbonyl (C=O) groups excluding carboxylic acids is 1. The number of carbonyl (C=O) groups is 1. The van der Waals surface area contributed by atoms with Crippen molar-refractivity contribution in [1.82, 2.24) is 19.5 Å². The summed E-state index contributed by atoms with van der Waals surface area (Å²) in [6.07, 6.45) is 2.98. The second-order valence-corrected chi connectivity index (χ2v) is 6.22. The maximum absolute atomic E-state index is 13.0. The molecule has 0 atom stereocenters. The molecule has 3 heterocycles. The zero-order chi connectivity index (χ0) is 25.7. The highest BCUT2D eigenvalue weighted by Crippen LogP contribution is 2.22. The average Bonchev–Trinajstić information content (AvgIpc) is 3.12. The second kappa shape index (κ2) is 7.23. The predicted octanol–water partition coefficient (Wildman–Crippen LogP) is 3.77. The van der Waals surface area contributed by atoms with Gasteiger partial charge < -0.3 is 9.30 Å². The van der Waals surface area contributed by atoms with Gasteiger partial charge in [-0.1, -0.05) is 0 Å². The average molecular weight is 379 g/mol. The molecule has 0 bridgehead atoms. The van der Waals surface area contributed by atoms with Gasteiger partial charge in [0.15, 0.2) is 5.78 Å². The molecule has 0 fully saturated rings. The standard InChI is InChI=1S/C22H20N4O2/c1-14-23-13-21(26(14)2)19-9-6-16-12-24-17(10-20(16)25-19)11-22(27)15-4-7-18(28-3)8-5-15/h4-10,12-13H,11H2,1-3H3/i3D3,4D,5D,7D,8D. The Bertz CT molecular complexity index is 1450. The first-order valence-corrected chi connectivity index (χ1v) is 8.44. The third kappa shape index (κ3) is 3.36. The van der Waals surface area contributed by atoms with Crippen molar-refractivity contribution in [3.63, 3.8) is 0 Å². The van der Waals surface area contributed by atoms with Gasteiger partial charge in [0, 0.05) is 24.2 Å². The molecule has 6 nitrogen and oxygen atoms in total. The quantitative estimate of drug-likeness (QED) is 0.494. The first-order valence-electron chi connectivity index (χ1n) is 11.9. The lowest BCUT2D eigenvalue weighted by Crippen LogP contribution is -2.05. The molecule has 0 aliphatic carbocycles. The normalized spacial score (nSPS) is 15.0. The lowest BCUT2D eigenvalue weighted by molar-refractivity contribution is 0.0992. The van der Waals surface area contributed by atoms with E-state index in [9.17, 15) is 4.79 Å². The van der Waals surface area contributed by atoms with Gasteiger partial charge >= 0.3 is 0 Å². The van der Waals surface area contributed by atoms with E-state index in [0.29, 0.717) is 16.9 Å². The molecule has 140 valence electrons. The van der Waals surface area contributed by atoms with Crippen LogP contribution in [0.3, 0.4) is 0 Å². The highest BCUT2D eigenvalue weighted by molar-refractivity contribution is 5.97. The largest absolute Gasteiger partial charge is 0.497 e. The summed E-state index contributed by atoms with van der Waals surface area (Å²) in [5.74, 6) is -0.603. The molecular formula is C22H20N4O2. The van der Waals surface area contributed by atoms with Gasteiger partial charge in [-0.25, -0.2) is 9.97 Å². The summed E-state index contributed by atoms with van der Waals surface area (Å²) in [6.45, 7) is 1.88. The van der Waals surface area contributed by atoms with Crippen LogP contribution < -0.4 is 4.74 Å². The summed E-state index contributed by atoms with van der Waals surface area (Å²) in [6, 6.07) is 2.49. The Kier molecular flexibility index (Phi) is 2.93. The Morgan fingerprint density at radius 3 is 2.75 bits per heavy atom. The molecule has 4 rings (SSSR count). The van der Waals surface area contributed by atoms with Gasteiger partial charge in [0.25, 0.3) is 0 Å². The molecule has 0 unspecified atom stereocenters. The molecule has 0 aliphatic rings. The smallest absolute Gasteiger partial charge is 0.168 e. The molecule has 4 aromatic rings. The maximum Gasteiger partial charge on any atom is 0.168 e. The summed E-state index contributed by atoms with van der Waals surface area (Å²) in [5.41, 5.74) is 1.95. The highest BCUT2D eigenvalue weighted by atomic mass is 16.5. The molecular weight excluding hydrogens is 352 g/mol. The molecule has 0 amide bonds. The fourth-order valence-electron chi connectivity index (χ4n) is 2.78. The van der Waals surface area contributed by atoms with Crippen molar-refractivity contribution in [3.05, 3.63) is 71.8 Å². The number of aromatic nitrogens is 4. The van der Waals surface area contributed by atoms with Gasteiger partial charge in [-0.3, -0.25) is 9.78 Å². The summed E-state index contributed by atoms with van der Waals surface area (Å²) < 4.78 is 60.4. The highest BCUT2D eigenvalue weighted by Gasteiger charge is 2.11. The van der Waals surface area contributed by atoms with Crippen molar-refractivity contribution in [2.24, 2.45) is 7.05 Å². The van der Waals surface area contributed by atoms with Crippen molar-refractivity contribution in [2.75, 3.05) is 7.04 Å². The van der Waals surface area contributed by atoms with Crippen LogP contribution >= 0.6 is 0 Å². The van der Waals surface area contributed by atoms with E-state index in [4.69, 9.17) is 9.60 Å². The summed E-state index contributed by atoms with van der Waals surface area (Å²) >= 11 is 0. The predicted molar refractivity (Wildman–Crippen MR) is 108 cm³/mol. The number of fused-ring (bicyclic) bond motifs is 1. The third-order valence-electron chi connectivity index (χ3n) is 4.44. The number of methoxy groups -OCH3 is 1. The molecule has 0 saturated carbocycles. The Hall–Kier alpha value is -3.54. The topological polar surface area (TPSA) is 69.9 Å². The minimum atomic E-state index is -2.97. The summed E-state index contributed by atoms with van der Waals surface area (Å²) in [5, 5.41) is 0.749. The van der Waals surface area contributed by atoms with Gasteiger partial charge in [0.2, 0.25) is 0 Å². The van der Waals surface area contributed by atoms with Gasteiger partial charge in [0.05, 0.1) is 51.8 Å². The van der Waals surface area contributed by atoms with Crippen LogP contribution in [0.15, 0.2) is 54.8 Å². The van der Waals surface area contributed by atoms with Crippen molar-refractivity contribution in [3.8, 4) is 17.1 Å². The molecule has 3 aromatic heterocycles. The Morgan fingerprint density at radius 2 is 2.04 bits per heavy atom. The number of Topliss-reactive ketones (excluding diaryl/α,β-unsaturated/α-hetero) is 1. The molecule has 0 radical (unpaired) electrons. The van der Waals surface area contributed by atoms with Crippen LogP contribution in [0.1, 0.15) is 31.5 Å². The number of nitrogens with zero attached hydrogens (tertiary/aromatic N) is 4.